The van der Waals surface area contributed by atoms with Gasteiger partial charge in [0.2, 0.25) is 0 Å². The number of rotatable bonds is 10. The third kappa shape index (κ3) is 7.00. The van der Waals surface area contributed by atoms with Crippen LogP contribution in [0.4, 0.5) is 11.4 Å². The first-order valence-electron chi connectivity index (χ1n) is 11.9. The fraction of sp³-hybridized carbons (Fsp3) is 0.100. The number of carbonyl (C=O) groups excluding carboxylic acids is 1. The second-order valence-corrected chi connectivity index (χ2v) is 8.82. The Balaban J connectivity index is 1.32. The van der Waals surface area contributed by atoms with E-state index >= 15 is 0 Å². The Bertz CT molecular complexity index is 1510. The summed E-state index contributed by atoms with van der Waals surface area (Å²) in [4.78, 5) is 41.0. The van der Waals surface area contributed by atoms with Crippen molar-refractivity contribution < 1.29 is 34.2 Å². The number of nitrogens with one attached hydrogen (secondary N) is 2. The average Bonchev–Trinajstić information content (AvgIpc) is 2.90. The molecule has 0 aliphatic rings. The van der Waals surface area contributed by atoms with Gasteiger partial charge in [-0.2, -0.15) is 0 Å². The minimum absolute atomic E-state index is 0.0680. The molecule has 9 nitrogen and oxygen atoms in total. The summed E-state index contributed by atoms with van der Waals surface area (Å²) >= 11 is 0. The topological polar surface area (TPSA) is 134 Å². The van der Waals surface area contributed by atoms with Gasteiger partial charge in [-0.25, -0.2) is 9.59 Å². The lowest BCUT2D eigenvalue weighted by Crippen LogP contribution is -2.16. The van der Waals surface area contributed by atoms with Crippen LogP contribution < -0.4 is 15.5 Å². The molecule has 0 heterocycles. The normalized spacial score (nSPS) is 10.5. The monoisotopic (exact) mass is 526 g/mol. The zero-order valence-electron chi connectivity index (χ0n) is 21.2. The third-order valence-corrected chi connectivity index (χ3v) is 5.76. The Hall–Kier alpha value is -5.15. The molecule has 4 aromatic rings. The molecule has 0 saturated carbocycles. The van der Waals surface area contributed by atoms with E-state index in [0.717, 1.165) is 11.1 Å². The van der Waals surface area contributed by atoms with Crippen molar-refractivity contribution in [2.75, 3.05) is 10.8 Å². The minimum atomic E-state index is -1.17. The molecule has 0 fully saturated rings. The number of anilines is 2. The van der Waals surface area contributed by atoms with Crippen molar-refractivity contribution in [3.8, 4) is 11.5 Å². The molecule has 0 aliphatic carbocycles. The molecule has 0 unspecified atom stereocenters. The van der Waals surface area contributed by atoms with Crippen LogP contribution in [-0.2, 0) is 11.4 Å². The van der Waals surface area contributed by atoms with Crippen molar-refractivity contribution in [3.63, 3.8) is 0 Å². The lowest BCUT2D eigenvalue weighted by Gasteiger charge is -2.11. The van der Waals surface area contributed by atoms with Crippen molar-refractivity contribution >= 4 is 29.2 Å². The maximum Gasteiger partial charge on any atom is 0.336 e. The van der Waals surface area contributed by atoms with E-state index in [1.807, 2.05) is 6.92 Å². The molecule has 0 saturated heterocycles. The highest BCUT2D eigenvalue weighted by Gasteiger charge is 2.17. The van der Waals surface area contributed by atoms with Gasteiger partial charge in [0.25, 0.3) is 5.91 Å². The molecule has 4 aromatic carbocycles. The van der Waals surface area contributed by atoms with Crippen LogP contribution in [0, 0.1) is 13.8 Å². The Morgan fingerprint density at radius 3 is 1.79 bits per heavy atom. The van der Waals surface area contributed by atoms with Gasteiger partial charge in [0.1, 0.15) is 18.1 Å². The molecule has 0 aliphatic heterocycles. The summed E-state index contributed by atoms with van der Waals surface area (Å²) in [6.45, 7) is 3.74. The molecule has 0 bridgehead atoms. The number of amides is 1. The number of aryl methyl sites for hydroxylation is 2. The number of aromatic carboxylic acids is 2. The van der Waals surface area contributed by atoms with Crippen molar-refractivity contribution in [1.29, 1.82) is 0 Å². The molecular weight excluding hydrogens is 500 g/mol. The summed E-state index contributed by atoms with van der Waals surface area (Å²) in [6.07, 6.45) is 0. The van der Waals surface area contributed by atoms with Gasteiger partial charge < -0.3 is 20.3 Å². The standard InChI is InChI=1S/C30H26N2O7/c1-18-3-13-25(29(34)35)20(15-18)17-38-32-22-7-11-24(12-8-22)39-23-9-5-21(6-10-23)31-28(33)27-16-19(2)4-14-26(27)30(36)37/h3-16,32H,17H2,1-2H3,(H,31,33)(H,34,35)(H,36,37). The van der Waals surface area contributed by atoms with Crippen LogP contribution in [-0.4, -0.2) is 28.1 Å². The highest BCUT2D eigenvalue weighted by atomic mass is 16.6. The highest BCUT2D eigenvalue weighted by molar-refractivity contribution is 6.10. The van der Waals surface area contributed by atoms with Crippen LogP contribution in [0.2, 0.25) is 0 Å². The Kier molecular flexibility index (Phi) is 8.23. The summed E-state index contributed by atoms with van der Waals surface area (Å²) in [5.41, 5.74) is 6.43. The predicted octanol–water partition coefficient (Wildman–Crippen LogP) is 6.29. The van der Waals surface area contributed by atoms with E-state index in [0.29, 0.717) is 28.4 Å². The van der Waals surface area contributed by atoms with Gasteiger partial charge in [-0.3, -0.25) is 15.1 Å². The smallest absolute Gasteiger partial charge is 0.336 e. The average molecular weight is 527 g/mol. The van der Waals surface area contributed by atoms with Gasteiger partial charge in [0.05, 0.1) is 22.4 Å². The maximum absolute atomic E-state index is 12.7. The predicted molar refractivity (Wildman–Crippen MR) is 146 cm³/mol. The van der Waals surface area contributed by atoms with E-state index in [1.54, 1.807) is 79.7 Å². The number of carbonyl (C=O) groups is 3. The number of benzene rings is 4. The largest absolute Gasteiger partial charge is 0.478 e. The van der Waals surface area contributed by atoms with E-state index in [2.05, 4.69) is 10.8 Å². The molecule has 4 rings (SSSR count). The molecule has 39 heavy (non-hydrogen) atoms. The van der Waals surface area contributed by atoms with E-state index in [-0.39, 0.29) is 23.3 Å². The Labute approximate surface area is 224 Å². The van der Waals surface area contributed by atoms with Gasteiger partial charge in [-0.15, -0.1) is 0 Å². The molecule has 0 aromatic heterocycles. The van der Waals surface area contributed by atoms with Gasteiger partial charge in [-0.05, 0) is 86.1 Å². The van der Waals surface area contributed by atoms with Gasteiger partial charge in [0.15, 0.2) is 0 Å². The fourth-order valence-corrected chi connectivity index (χ4v) is 3.81. The summed E-state index contributed by atoms with van der Waals surface area (Å²) in [5, 5.41) is 21.4. The molecule has 4 N–H and O–H groups in total. The SMILES string of the molecule is Cc1ccc(C(=O)O)c(CONc2ccc(Oc3ccc(NC(=O)c4cc(C)ccc4C(=O)O)cc3)cc2)c1. The first-order chi connectivity index (χ1) is 18.7. The summed E-state index contributed by atoms with van der Waals surface area (Å²) < 4.78 is 5.85. The maximum atomic E-state index is 12.7. The second-order valence-electron chi connectivity index (χ2n) is 8.82. The summed E-state index contributed by atoms with van der Waals surface area (Å²) in [7, 11) is 0. The molecule has 0 radical (unpaired) electrons. The van der Waals surface area contributed by atoms with Crippen LogP contribution in [0.5, 0.6) is 11.5 Å². The van der Waals surface area contributed by atoms with Crippen LogP contribution in [0.1, 0.15) is 47.8 Å². The van der Waals surface area contributed by atoms with E-state index in [9.17, 15) is 24.6 Å². The quantitative estimate of drug-likeness (QED) is 0.177. The minimum Gasteiger partial charge on any atom is -0.478 e. The number of hydrogen-bond acceptors (Lipinski definition) is 6. The number of carboxylic acids is 2. The van der Waals surface area contributed by atoms with Crippen molar-refractivity contribution in [3.05, 3.63) is 118 Å². The van der Waals surface area contributed by atoms with Gasteiger partial charge in [0, 0.05) is 5.69 Å². The second kappa shape index (κ2) is 11.9. The number of carboxylic acid groups (broad SMARTS) is 2. The van der Waals surface area contributed by atoms with E-state index < -0.39 is 17.8 Å². The van der Waals surface area contributed by atoms with Crippen LogP contribution in [0.3, 0.4) is 0 Å². The number of hydrogen-bond donors (Lipinski definition) is 4. The summed E-state index contributed by atoms with van der Waals surface area (Å²) in [6, 6.07) is 23.3. The summed E-state index contributed by atoms with van der Waals surface area (Å²) in [5.74, 6) is -1.60. The van der Waals surface area contributed by atoms with E-state index in [4.69, 9.17) is 9.57 Å². The van der Waals surface area contributed by atoms with E-state index in [1.165, 1.54) is 12.1 Å². The first-order valence-corrected chi connectivity index (χ1v) is 11.9. The Morgan fingerprint density at radius 1 is 0.667 bits per heavy atom. The lowest BCUT2D eigenvalue weighted by atomic mass is 10.0. The molecule has 0 spiro atoms. The number of ether oxygens (including phenoxy) is 1. The molecule has 9 heteroatoms. The van der Waals surface area contributed by atoms with Crippen LogP contribution in [0.25, 0.3) is 0 Å². The van der Waals surface area contributed by atoms with Gasteiger partial charge >= 0.3 is 11.9 Å². The van der Waals surface area contributed by atoms with Crippen LogP contribution >= 0.6 is 0 Å². The fourth-order valence-electron chi connectivity index (χ4n) is 3.81. The third-order valence-electron chi connectivity index (χ3n) is 5.76. The molecular formula is C30H26N2O7. The molecule has 0 atom stereocenters. The first kappa shape index (κ1) is 26.9. The zero-order valence-corrected chi connectivity index (χ0v) is 21.2. The zero-order chi connectivity index (χ0) is 27.9. The molecule has 1 amide bonds. The Morgan fingerprint density at radius 2 is 1.21 bits per heavy atom. The van der Waals surface area contributed by atoms with Crippen molar-refractivity contribution in [2.24, 2.45) is 0 Å². The lowest BCUT2D eigenvalue weighted by molar-refractivity contribution is 0.0682. The van der Waals surface area contributed by atoms with Crippen molar-refractivity contribution in [2.45, 2.75) is 20.5 Å². The molecule has 198 valence electrons. The van der Waals surface area contributed by atoms with Crippen molar-refractivity contribution in [1.82, 2.24) is 0 Å². The highest BCUT2D eigenvalue weighted by Crippen LogP contribution is 2.25. The van der Waals surface area contributed by atoms with Gasteiger partial charge in [-0.1, -0.05) is 29.3 Å². The van der Waals surface area contributed by atoms with Crippen LogP contribution in [0.15, 0.2) is 84.9 Å².